The number of benzene rings is 3. The van der Waals surface area contributed by atoms with Crippen LogP contribution in [0.4, 0.5) is 5.69 Å². The molecule has 0 saturated heterocycles. The number of amides is 1. The summed E-state index contributed by atoms with van der Waals surface area (Å²) in [6.45, 7) is 4.36. The van der Waals surface area contributed by atoms with Crippen LogP contribution in [0.2, 0.25) is 0 Å². The van der Waals surface area contributed by atoms with Crippen LogP contribution in [-0.2, 0) is 6.54 Å². The van der Waals surface area contributed by atoms with Gasteiger partial charge in [0.05, 0.1) is 31.8 Å². The van der Waals surface area contributed by atoms with Crippen LogP contribution in [0.5, 0.6) is 11.5 Å². The quantitative estimate of drug-likeness (QED) is 0.392. The summed E-state index contributed by atoms with van der Waals surface area (Å²) in [5, 5.41) is 7.15. The Morgan fingerprint density at radius 2 is 1.61 bits per heavy atom. The SMILES string of the molecule is COc1ccc(NC(=O)c2nc3c(=O)n(Cc4ccc(C)cc4)c4cc(C)ccc4n3n2)cc1OC. The third-order valence-corrected chi connectivity index (χ3v) is 6.00. The maximum absolute atomic E-state index is 13.6. The number of carbonyl (C=O) groups is 1. The van der Waals surface area contributed by atoms with E-state index in [1.165, 1.54) is 18.7 Å². The van der Waals surface area contributed by atoms with Gasteiger partial charge in [0.2, 0.25) is 11.5 Å². The van der Waals surface area contributed by atoms with Gasteiger partial charge >= 0.3 is 0 Å². The Morgan fingerprint density at radius 1 is 0.889 bits per heavy atom. The minimum atomic E-state index is -0.546. The average molecular weight is 484 g/mol. The van der Waals surface area contributed by atoms with Gasteiger partial charge < -0.3 is 14.8 Å². The molecule has 5 aromatic rings. The second kappa shape index (κ2) is 9.18. The molecule has 9 heteroatoms. The largest absolute Gasteiger partial charge is 0.493 e. The Morgan fingerprint density at radius 3 is 2.33 bits per heavy atom. The number of anilines is 1. The summed E-state index contributed by atoms with van der Waals surface area (Å²) in [5.74, 6) is 0.350. The maximum Gasteiger partial charge on any atom is 0.296 e. The standard InChI is InChI=1S/C27H25N5O4/c1-16-5-8-18(9-6-16)15-31-21-13-17(2)7-11-20(21)32-25(27(31)34)29-24(30-32)26(33)28-19-10-12-22(35-3)23(14-19)36-4/h5-14H,15H2,1-4H3,(H,28,33). The molecule has 0 radical (unpaired) electrons. The second-order valence-electron chi connectivity index (χ2n) is 8.56. The molecule has 5 rings (SSSR count). The van der Waals surface area contributed by atoms with Crippen LogP contribution in [-0.4, -0.2) is 39.3 Å². The van der Waals surface area contributed by atoms with Crippen molar-refractivity contribution in [1.82, 2.24) is 19.2 Å². The molecule has 2 heterocycles. The van der Waals surface area contributed by atoms with Crippen molar-refractivity contribution in [3.05, 3.63) is 93.5 Å². The van der Waals surface area contributed by atoms with Gasteiger partial charge in [-0.3, -0.25) is 14.2 Å². The van der Waals surface area contributed by atoms with E-state index < -0.39 is 5.91 Å². The van der Waals surface area contributed by atoms with E-state index in [-0.39, 0.29) is 17.0 Å². The van der Waals surface area contributed by atoms with Gasteiger partial charge in [0.25, 0.3) is 11.5 Å². The molecule has 0 atom stereocenters. The van der Waals surface area contributed by atoms with Crippen LogP contribution >= 0.6 is 0 Å². The van der Waals surface area contributed by atoms with E-state index in [9.17, 15) is 9.59 Å². The molecular weight excluding hydrogens is 458 g/mol. The lowest BCUT2D eigenvalue weighted by Crippen LogP contribution is -2.24. The normalized spacial score (nSPS) is 11.1. The third kappa shape index (κ3) is 4.15. The number of hydrogen-bond acceptors (Lipinski definition) is 6. The maximum atomic E-state index is 13.6. The molecule has 0 saturated carbocycles. The van der Waals surface area contributed by atoms with Crippen molar-refractivity contribution in [2.24, 2.45) is 0 Å². The fourth-order valence-corrected chi connectivity index (χ4v) is 4.11. The van der Waals surface area contributed by atoms with Gasteiger partial charge in [-0.15, -0.1) is 5.10 Å². The van der Waals surface area contributed by atoms with Crippen LogP contribution < -0.4 is 20.3 Å². The Labute approximate surface area is 206 Å². The molecule has 2 aromatic heterocycles. The molecule has 0 unspecified atom stereocenters. The van der Waals surface area contributed by atoms with Crippen LogP contribution in [0, 0.1) is 13.8 Å². The highest BCUT2D eigenvalue weighted by molar-refractivity contribution is 6.02. The summed E-state index contributed by atoms with van der Waals surface area (Å²) in [6.07, 6.45) is 0. The molecule has 0 aliphatic heterocycles. The van der Waals surface area contributed by atoms with Gasteiger partial charge in [0.1, 0.15) is 0 Å². The number of ether oxygens (including phenoxy) is 2. The molecule has 0 spiro atoms. The minimum Gasteiger partial charge on any atom is -0.493 e. The summed E-state index contributed by atoms with van der Waals surface area (Å²) >= 11 is 0. The Hall–Kier alpha value is -4.66. The minimum absolute atomic E-state index is 0.0796. The van der Waals surface area contributed by atoms with E-state index in [1.807, 2.05) is 56.3 Å². The number of hydrogen-bond donors (Lipinski definition) is 1. The summed E-state index contributed by atoms with van der Waals surface area (Å²) in [5.41, 5.74) is 4.76. The molecule has 0 aliphatic rings. The first-order valence-corrected chi connectivity index (χ1v) is 11.4. The lowest BCUT2D eigenvalue weighted by molar-refractivity contribution is 0.101. The van der Waals surface area contributed by atoms with Crippen molar-refractivity contribution < 1.29 is 14.3 Å². The first kappa shape index (κ1) is 23.1. The van der Waals surface area contributed by atoms with E-state index in [4.69, 9.17) is 9.47 Å². The van der Waals surface area contributed by atoms with Crippen molar-refractivity contribution in [3.8, 4) is 11.5 Å². The molecule has 36 heavy (non-hydrogen) atoms. The Kier molecular flexibility index (Phi) is 5.89. The third-order valence-electron chi connectivity index (χ3n) is 6.00. The van der Waals surface area contributed by atoms with Crippen molar-refractivity contribution >= 4 is 28.3 Å². The predicted octanol–water partition coefficient (Wildman–Crippen LogP) is 3.98. The predicted molar refractivity (Wildman–Crippen MR) is 137 cm³/mol. The van der Waals surface area contributed by atoms with E-state index in [0.29, 0.717) is 34.8 Å². The van der Waals surface area contributed by atoms with Crippen LogP contribution in [0.25, 0.3) is 16.7 Å². The fourth-order valence-electron chi connectivity index (χ4n) is 4.11. The number of carbonyl (C=O) groups excluding carboxylic acids is 1. The molecule has 1 amide bonds. The zero-order valence-electron chi connectivity index (χ0n) is 20.4. The summed E-state index contributed by atoms with van der Waals surface area (Å²) in [4.78, 5) is 30.9. The highest BCUT2D eigenvalue weighted by Crippen LogP contribution is 2.30. The van der Waals surface area contributed by atoms with Gasteiger partial charge in [0.15, 0.2) is 11.5 Å². The van der Waals surface area contributed by atoms with Crippen molar-refractivity contribution in [2.75, 3.05) is 19.5 Å². The Bertz CT molecular complexity index is 1670. The topological polar surface area (TPSA) is 99.8 Å². The van der Waals surface area contributed by atoms with Gasteiger partial charge in [-0.05, 0) is 49.2 Å². The first-order chi connectivity index (χ1) is 17.4. The highest BCUT2D eigenvalue weighted by atomic mass is 16.5. The van der Waals surface area contributed by atoms with Crippen molar-refractivity contribution in [2.45, 2.75) is 20.4 Å². The second-order valence-corrected chi connectivity index (χ2v) is 8.56. The zero-order valence-corrected chi connectivity index (χ0v) is 20.4. The number of methoxy groups -OCH3 is 2. The van der Waals surface area contributed by atoms with Gasteiger partial charge in [-0.25, -0.2) is 4.52 Å². The summed E-state index contributed by atoms with van der Waals surface area (Å²) in [7, 11) is 3.05. The van der Waals surface area contributed by atoms with Crippen LogP contribution in [0.1, 0.15) is 27.3 Å². The van der Waals surface area contributed by atoms with Gasteiger partial charge in [0, 0.05) is 11.8 Å². The number of aromatic nitrogens is 4. The van der Waals surface area contributed by atoms with Crippen LogP contribution in [0.15, 0.2) is 65.5 Å². The number of rotatable bonds is 6. The zero-order chi connectivity index (χ0) is 25.4. The van der Waals surface area contributed by atoms with Crippen LogP contribution in [0.3, 0.4) is 0 Å². The van der Waals surface area contributed by atoms with E-state index in [1.54, 1.807) is 22.8 Å². The number of nitrogens with zero attached hydrogens (tertiary/aromatic N) is 4. The smallest absolute Gasteiger partial charge is 0.296 e. The monoisotopic (exact) mass is 483 g/mol. The van der Waals surface area contributed by atoms with Gasteiger partial charge in [-0.2, -0.15) is 4.98 Å². The van der Waals surface area contributed by atoms with Crippen molar-refractivity contribution in [1.29, 1.82) is 0 Å². The molecule has 1 N–H and O–H groups in total. The summed E-state index contributed by atoms with van der Waals surface area (Å²) in [6, 6.07) is 18.8. The lowest BCUT2D eigenvalue weighted by Gasteiger charge is -2.12. The van der Waals surface area contributed by atoms with Gasteiger partial charge in [-0.1, -0.05) is 35.9 Å². The number of nitrogens with one attached hydrogen (secondary N) is 1. The molecule has 3 aromatic carbocycles. The van der Waals surface area contributed by atoms with E-state index in [2.05, 4.69) is 15.4 Å². The van der Waals surface area contributed by atoms with E-state index >= 15 is 0 Å². The molecule has 0 fully saturated rings. The molecule has 182 valence electrons. The van der Waals surface area contributed by atoms with Crippen molar-refractivity contribution in [3.63, 3.8) is 0 Å². The molecule has 0 bridgehead atoms. The molecule has 9 nitrogen and oxygen atoms in total. The highest BCUT2D eigenvalue weighted by Gasteiger charge is 2.20. The fraction of sp³-hybridized carbons (Fsp3) is 0.185. The molecule has 0 aliphatic carbocycles. The Balaban J connectivity index is 1.58. The van der Waals surface area contributed by atoms with E-state index in [0.717, 1.165) is 16.7 Å². The molecular formula is C27H25N5O4. The first-order valence-electron chi connectivity index (χ1n) is 11.4. The summed E-state index contributed by atoms with van der Waals surface area (Å²) < 4.78 is 13.6. The number of aryl methyl sites for hydroxylation is 2. The lowest BCUT2D eigenvalue weighted by atomic mass is 10.1. The number of fused-ring (bicyclic) bond motifs is 3. The average Bonchev–Trinajstić information content (AvgIpc) is 3.33.